The maximum atomic E-state index is 10.6. The van der Waals surface area contributed by atoms with Gasteiger partial charge in [-0.2, -0.15) is 0 Å². The van der Waals surface area contributed by atoms with Crippen LogP contribution in [0.15, 0.2) is 21.1 Å². The zero-order chi connectivity index (χ0) is 14.8. The summed E-state index contributed by atoms with van der Waals surface area (Å²) in [6, 6.07) is 0. The molecule has 112 valence electrons. The number of aliphatic hydroxyl groups is 2. The summed E-state index contributed by atoms with van der Waals surface area (Å²) in [5, 5.41) is 40.8. The Morgan fingerprint density at radius 3 is 2.75 bits per heavy atom. The molecule has 3 aliphatic heterocycles. The van der Waals surface area contributed by atoms with Crippen molar-refractivity contribution in [3.05, 3.63) is 36.5 Å². The van der Waals surface area contributed by atoms with E-state index >= 15 is 0 Å². The second-order valence-corrected chi connectivity index (χ2v) is 5.98. The molecule has 0 aliphatic carbocycles. The van der Waals surface area contributed by atoms with Crippen molar-refractivity contribution in [3.8, 4) is 0 Å². The van der Waals surface area contributed by atoms with E-state index in [0.717, 1.165) is 4.91 Å². The van der Waals surface area contributed by atoms with E-state index in [0.29, 0.717) is 0 Å². The smallest absolute Gasteiger partial charge is 0.388 e. The summed E-state index contributed by atoms with van der Waals surface area (Å²) in [6.45, 7) is 0.422. The minimum atomic E-state index is -1.75. The molecule has 8 nitrogen and oxygen atoms in total. The zero-order valence-corrected chi connectivity index (χ0v) is 11.7. The summed E-state index contributed by atoms with van der Waals surface area (Å²) >= 11 is 3.00. The second kappa shape index (κ2) is 6.33. The van der Waals surface area contributed by atoms with Crippen molar-refractivity contribution in [1.82, 2.24) is 0 Å². The molecule has 0 spiro atoms. The number of hydrogen-bond acceptors (Lipinski definition) is 9. The van der Waals surface area contributed by atoms with Crippen molar-refractivity contribution in [3.63, 3.8) is 0 Å². The van der Waals surface area contributed by atoms with Gasteiger partial charge in [-0.25, -0.2) is 0 Å². The monoisotopic (exact) mass is 323 g/mol. The van der Waals surface area contributed by atoms with E-state index in [1.165, 1.54) is 23.5 Å². The highest BCUT2D eigenvalue weighted by Gasteiger charge is 2.57. The van der Waals surface area contributed by atoms with Crippen LogP contribution in [0.2, 0.25) is 0 Å². The molecule has 0 bridgehead atoms. The van der Waals surface area contributed by atoms with E-state index in [4.69, 9.17) is 24.8 Å². The maximum absolute atomic E-state index is 10.6. The summed E-state index contributed by atoms with van der Waals surface area (Å²) in [7, 11) is 0. The van der Waals surface area contributed by atoms with Gasteiger partial charge in [0.05, 0.1) is 18.3 Å². The van der Waals surface area contributed by atoms with Gasteiger partial charge in [-0.15, -0.1) is 11.8 Å². The Labute approximate surface area is 124 Å². The number of aliphatic hydroxyl groups excluding tert-OH is 1. The van der Waals surface area contributed by atoms with Crippen LogP contribution < -0.4 is 0 Å². The highest BCUT2D eigenvalue weighted by molar-refractivity contribution is 8.11. The summed E-state index contributed by atoms with van der Waals surface area (Å²) in [5.41, 5.74) is -1.11. The Morgan fingerprint density at radius 2 is 2.15 bits per heavy atom. The highest BCUT2D eigenvalue weighted by Crippen LogP contribution is 2.45. The van der Waals surface area contributed by atoms with E-state index < -0.39 is 29.0 Å². The third-order valence-electron chi connectivity index (χ3n) is 3.02. The third kappa shape index (κ3) is 3.10. The van der Waals surface area contributed by atoms with Gasteiger partial charge in [0.2, 0.25) is 0 Å². The van der Waals surface area contributed by atoms with Crippen molar-refractivity contribution in [2.24, 2.45) is 0 Å². The number of nitrogens with zero attached hydrogens (tertiary/aromatic N) is 1. The molecule has 0 amide bonds. The topological polar surface area (TPSA) is 125 Å². The molecule has 3 aliphatic rings. The zero-order valence-electron chi connectivity index (χ0n) is 11.1. The summed E-state index contributed by atoms with van der Waals surface area (Å²) in [5.74, 6) is 0. The largest absolute Gasteiger partial charge is 1.00 e. The van der Waals surface area contributed by atoms with Crippen molar-refractivity contribution in [2.45, 2.75) is 23.9 Å². The normalized spacial score (nSPS) is 38.7. The van der Waals surface area contributed by atoms with Crippen molar-refractivity contribution in [1.29, 1.82) is 0 Å². The number of ether oxygens (including phenoxy) is 2. The van der Waals surface area contributed by atoms with Gasteiger partial charge in [-0.1, -0.05) is 11.8 Å². The molecule has 0 aromatic rings. The number of hydrogen-bond donors (Lipinski definition) is 2. The molecular formula is C10H13NO7S2. The van der Waals surface area contributed by atoms with Crippen molar-refractivity contribution in [2.75, 3.05) is 13.2 Å². The molecule has 2 saturated heterocycles. The fourth-order valence-electron chi connectivity index (χ4n) is 2.18. The van der Waals surface area contributed by atoms with Gasteiger partial charge >= 0.3 is 1.43 Å². The number of thioether (sulfide) groups is 2. The molecule has 0 aromatic heterocycles. The van der Waals surface area contributed by atoms with Crippen LogP contribution in [0.4, 0.5) is 0 Å². The fourth-order valence-corrected chi connectivity index (χ4v) is 3.98. The van der Waals surface area contributed by atoms with Gasteiger partial charge in [-0.3, -0.25) is 0 Å². The lowest BCUT2D eigenvalue weighted by Crippen LogP contribution is -2.44. The molecule has 2 fully saturated rings. The molecule has 3 rings (SSSR count). The molecule has 20 heavy (non-hydrogen) atoms. The molecule has 0 saturated carbocycles. The average Bonchev–Trinajstić information content (AvgIpc) is 2.94. The Kier molecular flexibility index (Phi) is 4.94. The van der Waals surface area contributed by atoms with Crippen LogP contribution in [0.1, 0.15) is 1.43 Å². The van der Waals surface area contributed by atoms with E-state index in [-0.39, 0.29) is 14.6 Å². The lowest BCUT2D eigenvalue weighted by Gasteiger charge is -2.29. The van der Waals surface area contributed by atoms with Crippen LogP contribution in [-0.2, 0) is 9.47 Å². The van der Waals surface area contributed by atoms with E-state index in [2.05, 4.69) is 0 Å². The first kappa shape index (κ1) is 15.6. The molecule has 3 heterocycles. The molecule has 0 radical (unpaired) electrons. The molecule has 4 atom stereocenters. The SMILES string of the molecule is O=[N+]([O-])[O-].O[C@@H]1CO[C@H]2[C@@H]1OC[C@]2(O)C1=CSC=CS1.[H+]. The van der Waals surface area contributed by atoms with Crippen LogP contribution in [0, 0.1) is 15.3 Å². The predicted molar refractivity (Wildman–Crippen MR) is 74.3 cm³/mol. The van der Waals surface area contributed by atoms with Gasteiger partial charge in [0.1, 0.15) is 23.9 Å². The first-order chi connectivity index (χ1) is 9.45. The first-order valence-electron chi connectivity index (χ1n) is 5.58. The summed E-state index contributed by atoms with van der Waals surface area (Å²) < 4.78 is 10.9. The first-order valence-corrected chi connectivity index (χ1v) is 7.40. The predicted octanol–water partition coefficient (Wildman–Crippen LogP) is 0.542. The van der Waals surface area contributed by atoms with E-state index in [1.807, 2.05) is 16.2 Å². The standard InChI is InChI=1S/C10H12O4S2.NO3/c11-6-3-13-9-8(6)14-5-10(9,12)7-4-15-1-2-16-7;2-1(3)4/h1-2,4,6,8-9,11-12H,3,5H2;/q;-1/p+1/t6-,8-,9+,10+;/m1./s1. The Bertz CT molecular complexity index is 445. The Hall–Kier alpha value is -0.780. The van der Waals surface area contributed by atoms with Crippen LogP contribution >= 0.6 is 23.5 Å². The molecule has 0 aromatic carbocycles. The van der Waals surface area contributed by atoms with Crippen LogP contribution in [-0.4, -0.2) is 52.4 Å². The van der Waals surface area contributed by atoms with Crippen LogP contribution in [0.25, 0.3) is 0 Å². The van der Waals surface area contributed by atoms with Gasteiger partial charge in [0.25, 0.3) is 0 Å². The van der Waals surface area contributed by atoms with Crippen molar-refractivity contribution < 1.29 is 26.2 Å². The minimum Gasteiger partial charge on any atom is -0.388 e. The van der Waals surface area contributed by atoms with Crippen LogP contribution in [0.5, 0.6) is 0 Å². The Balaban J connectivity index is 0.000000397. The molecular weight excluding hydrogens is 310 g/mol. The minimum absolute atomic E-state index is 0. The van der Waals surface area contributed by atoms with Gasteiger partial charge < -0.3 is 35.0 Å². The quantitative estimate of drug-likeness (QED) is 0.525. The Morgan fingerprint density at radius 1 is 1.45 bits per heavy atom. The summed E-state index contributed by atoms with van der Waals surface area (Å²) in [4.78, 5) is 9.08. The lowest BCUT2D eigenvalue weighted by atomic mass is 9.96. The molecule has 0 unspecified atom stereocenters. The van der Waals surface area contributed by atoms with Gasteiger partial charge in [-0.05, 0) is 16.2 Å². The molecule has 10 heteroatoms. The average molecular weight is 323 g/mol. The molecule has 2 N–H and O–H groups in total. The maximum Gasteiger partial charge on any atom is 1.00 e. The van der Waals surface area contributed by atoms with E-state index in [1.54, 1.807) is 0 Å². The summed E-state index contributed by atoms with van der Waals surface area (Å²) in [6.07, 6.45) is -1.48. The van der Waals surface area contributed by atoms with Gasteiger partial charge in [0.15, 0.2) is 0 Å². The van der Waals surface area contributed by atoms with Crippen LogP contribution in [0.3, 0.4) is 0 Å². The number of fused-ring (bicyclic) bond motifs is 1. The second-order valence-electron chi connectivity index (χ2n) is 4.25. The fraction of sp³-hybridized carbons (Fsp3) is 0.600. The lowest BCUT2D eigenvalue weighted by molar-refractivity contribution is -0.402. The van der Waals surface area contributed by atoms with E-state index in [9.17, 15) is 10.2 Å². The third-order valence-corrected chi connectivity index (χ3v) is 5.01. The number of rotatable bonds is 1. The van der Waals surface area contributed by atoms with Crippen molar-refractivity contribution >= 4 is 23.5 Å². The highest BCUT2D eigenvalue weighted by atomic mass is 32.2. The van der Waals surface area contributed by atoms with Gasteiger partial charge in [0, 0.05) is 4.91 Å².